The van der Waals surface area contributed by atoms with E-state index in [0.717, 1.165) is 10.6 Å². The van der Waals surface area contributed by atoms with E-state index in [2.05, 4.69) is 15.0 Å². The number of alkyl halides is 3. The van der Waals surface area contributed by atoms with Gasteiger partial charge in [-0.05, 0) is 26.0 Å². The van der Waals surface area contributed by atoms with Gasteiger partial charge in [0.25, 0.3) is 0 Å². The van der Waals surface area contributed by atoms with Gasteiger partial charge in [0.2, 0.25) is 5.95 Å². The van der Waals surface area contributed by atoms with Gasteiger partial charge in [-0.1, -0.05) is 32.5 Å². The molecule has 2 unspecified atom stereocenters. The molecule has 0 amide bonds. The summed E-state index contributed by atoms with van der Waals surface area (Å²) >= 11 is 1.38. The molecule has 0 saturated carbocycles. The lowest BCUT2D eigenvalue weighted by molar-refractivity contribution is -0.106. The van der Waals surface area contributed by atoms with Crippen molar-refractivity contribution in [1.82, 2.24) is 19.5 Å². The number of nitrogen functional groups attached to an aromatic ring is 1. The van der Waals surface area contributed by atoms with Crippen LogP contribution in [0.3, 0.4) is 0 Å². The first-order chi connectivity index (χ1) is 14.8. The van der Waals surface area contributed by atoms with Crippen LogP contribution in [0.5, 0.6) is 5.75 Å². The maximum Gasteiger partial charge on any atom is 0.392 e. The van der Waals surface area contributed by atoms with Gasteiger partial charge in [0.1, 0.15) is 16.3 Å². The van der Waals surface area contributed by atoms with E-state index < -0.39 is 12.3 Å². The molecule has 0 aliphatic carbocycles. The second kappa shape index (κ2) is 10.5. The predicted octanol–water partition coefficient (Wildman–Crippen LogP) is 4.56. The number of anilines is 1. The van der Waals surface area contributed by atoms with Crippen LogP contribution in [0.15, 0.2) is 40.5 Å². The van der Waals surface area contributed by atoms with Gasteiger partial charge in [0.05, 0.1) is 43.0 Å². The van der Waals surface area contributed by atoms with Gasteiger partial charge in [-0.15, -0.1) is 0 Å². The van der Waals surface area contributed by atoms with Crippen LogP contribution in [-0.2, 0) is 11.3 Å². The minimum atomic E-state index is -4.16. The van der Waals surface area contributed by atoms with Crippen LogP contribution < -0.4 is 10.5 Å². The quantitative estimate of drug-likeness (QED) is 0.262. The summed E-state index contributed by atoms with van der Waals surface area (Å²) in [6.45, 7) is 4.62. The average Bonchev–Trinajstić information content (AvgIpc) is 3.09. The number of ether oxygens (including phenoxy) is 2. The first kappa shape index (κ1) is 23.6. The molecule has 12 heteroatoms. The largest absolute Gasteiger partial charge is 0.493 e. The fourth-order valence-corrected chi connectivity index (χ4v) is 4.53. The minimum absolute atomic E-state index is 0.0553. The van der Waals surface area contributed by atoms with Crippen LogP contribution in [0.2, 0.25) is 0 Å². The van der Waals surface area contributed by atoms with Crippen molar-refractivity contribution < 1.29 is 22.6 Å². The minimum Gasteiger partial charge on any atom is -0.493 e. The number of nitrogens with zero attached hydrogens (tertiary/aromatic N) is 4. The normalized spacial score (nSPS) is 13.3. The van der Waals surface area contributed by atoms with Crippen molar-refractivity contribution in [2.45, 2.75) is 42.6 Å². The lowest BCUT2D eigenvalue weighted by Gasteiger charge is -2.15. The average molecular weight is 473 g/mol. The Hall–Kier alpha value is -2.10. The zero-order valence-corrected chi connectivity index (χ0v) is 18.8. The molecule has 7 nitrogen and oxygen atoms in total. The van der Waals surface area contributed by atoms with Crippen molar-refractivity contribution >= 4 is 37.5 Å². The zero-order chi connectivity index (χ0) is 22.4. The molecule has 0 aliphatic heterocycles. The van der Waals surface area contributed by atoms with Gasteiger partial charge < -0.3 is 19.8 Å². The lowest BCUT2D eigenvalue weighted by atomic mass is 10.3. The molecule has 0 bridgehead atoms. The maximum atomic E-state index is 12.3. The van der Waals surface area contributed by atoms with Gasteiger partial charge >= 0.3 is 6.18 Å². The highest BCUT2D eigenvalue weighted by Crippen LogP contribution is 2.37. The summed E-state index contributed by atoms with van der Waals surface area (Å²) in [5.74, 6) is 0.840. The van der Waals surface area contributed by atoms with Gasteiger partial charge in [-0.25, -0.2) is 9.97 Å². The second-order valence-electron chi connectivity index (χ2n) is 6.60. The summed E-state index contributed by atoms with van der Waals surface area (Å²) in [4.78, 5) is 13.9. The van der Waals surface area contributed by atoms with Crippen LogP contribution in [0.4, 0.5) is 19.1 Å². The van der Waals surface area contributed by atoms with Crippen molar-refractivity contribution in [3.8, 4) is 5.75 Å². The van der Waals surface area contributed by atoms with Crippen molar-refractivity contribution in [2.75, 3.05) is 24.9 Å². The maximum absolute atomic E-state index is 12.3. The van der Waals surface area contributed by atoms with Gasteiger partial charge in [-0.2, -0.15) is 18.2 Å². The molecule has 2 heterocycles. The number of halogens is 3. The molecular weight excluding hydrogens is 450 g/mol. The summed E-state index contributed by atoms with van der Waals surface area (Å²) in [6, 6.07) is 7.60. The van der Waals surface area contributed by atoms with Crippen LogP contribution in [0.1, 0.15) is 13.8 Å². The molecule has 2 N–H and O–H groups in total. The summed E-state index contributed by atoms with van der Waals surface area (Å²) in [5, 5.41) is 0.591. The van der Waals surface area contributed by atoms with Gasteiger partial charge in [0.15, 0.2) is 5.65 Å². The molecule has 31 heavy (non-hydrogen) atoms. The number of aromatic nitrogens is 4. The van der Waals surface area contributed by atoms with Crippen molar-refractivity contribution in [3.05, 3.63) is 30.6 Å². The number of benzene rings is 1. The van der Waals surface area contributed by atoms with Crippen LogP contribution in [0, 0.1) is 0 Å². The van der Waals surface area contributed by atoms with E-state index in [4.69, 9.17) is 15.2 Å². The Bertz CT molecular complexity index is 1020. The highest BCUT2D eigenvalue weighted by molar-refractivity contribution is 7.99. The third-order valence-corrected chi connectivity index (χ3v) is 6.11. The number of hydrogen-bond acceptors (Lipinski definition) is 7. The van der Waals surface area contributed by atoms with Crippen molar-refractivity contribution in [3.63, 3.8) is 0 Å². The molecule has 168 valence electrons. The summed E-state index contributed by atoms with van der Waals surface area (Å²) < 4.78 is 49.8. The van der Waals surface area contributed by atoms with E-state index in [1.807, 2.05) is 31.2 Å². The first-order valence-electron chi connectivity index (χ1n) is 9.54. The standard InChI is InChI=1S/C19H23F3N5O2PS/c1-3-28-13-6-4-5-7-14(13)31-17-15-16(25-18(23)26-17)27(10-24-15)8-12(2)29-11-30-9-19(20,21)22/h4-7,10,12,30H,3,8-9,11H2,1-2H3,(H2,23,25,26). The fourth-order valence-electron chi connectivity index (χ4n) is 2.78. The molecule has 3 rings (SSSR count). The summed E-state index contributed by atoms with van der Waals surface area (Å²) in [6.07, 6.45) is -3.64. The van der Waals surface area contributed by atoms with Gasteiger partial charge in [-0.3, -0.25) is 0 Å². The molecule has 0 saturated heterocycles. The van der Waals surface area contributed by atoms with Crippen molar-refractivity contribution in [2.24, 2.45) is 0 Å². The number of para-hydroxylation sites is 1. The highest BCUT2D eigenvalue weighted by atomic mass is 32.2. The smallest absolute Gasteiger partial charge is 0.392 e. The van der Waals surface area contributed by atoms with Crippen LogP contribution in [-0.4, -0.2) is 50.9 Å². The first-order valence-corrected chi connectivity index (χ1v) is 11.8. The Balaban J connectivity index is 1.74. The van der Waals surface area contributed by atoms with E-state index in [1.54, 1.807) is 17.8 Å². The van der Waals surface area contributed by atoms with Crippen LogP contribution in [0.25, 0.3) is 11.2 Å². The molecule has 3 aromatic rings. The molecular formula is C19H23F3N5O2PS. The Morgan fingerprint density at radius 1 is 1.26 bits per heavy atom. The Labute approximate surface area is 183 Å². The fraction of sp³-hybridized carbons (Fsp3) is 0.421. The molecule has 2 atom stereocenters. The molecule has 0 spiro atoms. The number of nitrogens with two attached hydrogens (primary N) is 1. The van der Waals surface area contributed by atoms with E-state index in [-0.39, 0.29) is 27.0 Å². The van der Waals surface area contributed by atoms with E-state index in [9.17, 15) is 13.2 Å². The summed E-state index contributed by atoms with van der Waals surface area (Å²) in [5.41, 5.74) is 7.05. The number of fused-ring (bicyclic) bond motifs is 1. The highest BCUT2D eigenvalue weighted by Gasteiger charge is 2.26. The second-order valence-corrected chi connectivity index (χ2v) is 8.77. The number of imidazole rings is 1. The Morgan fingerprint density at radius 2 is 2.03 bits per heavy atom. The lowest BCUT2D eigenvalue weighted by Crippen LogP contribution is -2.17. The van der Waals surface area contributed by atoms with E-state index in [1.165, 1.54) is 11.8 Å². The predicted molar refractivity (Wildman–Crippen MR) is 116 cm³/mol. The van der Waals surface area contributed by atoms with E-state index >= 15 is 0 Å². The van der Waals surface area contributed by atoms with Gasteiger partial charge in [0, 0.05) is 0 Å². The Kier molecular flexibility index (Phi) is 7.96. The topological polar surface area (TPSA) is 88.1 Å². The monoisotopic (exact) mass is 473 g/mol. The Morgan fingerprint density at radius 3 is 2.77 bits per heavy atom. The number of hydrogen-bond donors (Lipinski definition) is 1. The third kappa shape index (κ3) is 6.69. The molecule has 1 aromatic carbocycles. The molecule has 2 aromatic heterocycles. The van der Waals surface area contributed by atoms with E-state index in [0.29, 0.717) is 29.3 Å². The molecule has 0 fully saturated rings. The zero-order valence-electron chi connectivity index (χ0n) is 17.0. The van der Waals surface area contributed by atoms with Crippen molar-refractivity contribution in [1.29, 1.82) is 0 Å². The molecule has 0 radical (unpaired) electrons. The number of rotatable bonds is 10. The summed E-state index contributed by atoms with van der Waals surface area (Å²) in [7, 11) is -0.329. The SMILES string of the molecule is CCOc1ccccc1Sc1nc(N)nc2c1ncn2CC(C)OCPCC(F)(F)F. The molecule has 0 aliphatic rings. The van der Waals surface area contributed by atoms with Crippen LogP contribution >= 0.6 is 20.3 Å². The third-order valence-electron chi connectivity index (χ3n) is 4.05.